The Hall–Kier alpha value is -2.33. The maximum atomic E-state index is 12.9. The summed E-state index contributed by atoms with van der Waals surface area (Å²) in [5.74, 6) is -0.426. The van der Waals surface area contributed by atoms with Crippen LogP contribution in [0.1, 0.15) is 36.3 Å². The molecule has 1 saturated heterocycles. The third-order valence-electron chi connectivity index (χ3n) is 6.05. The molecule has 1 amide bonds. The third-order valence-corrected chi connectivity index (χ3v) is 6.28. The number of amides is 1. The first kappa shape index (κ1) is 18.1. The number of carboxylic acids is 1. The van der Waals surface area contributed by atoms with Crippen molar-refractivity contribution in [3.05, 3.63) is 70.7 Å². The molecule has 4 rings (SSSR count). The van der Waals surface area contributed by atoms with Crippen molar-refractivity contribution in [2.45, 2.75) is 30.6 Å². The highest BCUT2D eigenvalue weighted by atomic mass is 35.5. The highest BCUT2D eigenvalue weighted by molar-refractivity contribution is 6.30. The summed E-state index contributed by atoms with van der Waals surface area (Å²) in [5, 5.41) is 10.6. The predicted octanol–water partition coefficient (Wildman–Crippen LogP) is 4.09. The molecule has 2 fully saturated rings. The Morgan fingerprint density at radius 1 is 1.04 bits per heavy atom. The largest absolute Gasteiger partial charge is 0.481 e. The molecule has 1 aliphatic heterocycles. The van der Waals surface area contributed by atoms with Crippen molar-refractivity contribution in [3.8, 4) is 0 Å². The van der Waals surface area contributed by atoms with E-state index in [1.54, 1.807) is 0 Å². The Morgan fingerprint density at radius 3 is 2.37 bits per heavy atom. The van der Waals surface area contributed by atoms with Crippen molar-refractivity contribution in [1.29, 1.82) is 0 Å². The average molecular weight is 384 g/mol. The van der Waals surface area contributed by atoms with E-state index < -0.39 is 11.4 Å². The zero-order chi connectivity index (χ0) is 19.0. The minimum atomic E-state index is -0.895. The van der Waals surface area contributed by atoms with Crippen LogP contribution in [-0.4, -0.2) is 35.0 Å². The monoisotopic (exact) mass is 383 g/mol. The molecule has 1 N–H and O–H groups in total. The summed E-state index contributed by atoms with van der Waals surface area (Å²) in [6.45, 7) is 0.970. The van der Waals surface area contributed by atoms with Gasteiger partial charge in [-0.05, 0) is 48.4 Å². The van der Waals surface area contributed by atoms with Gasteiger partial charge in [0.1, 0.15) is 0 Å². The van der Waals surface area contributed by atoms with Gasteiger partial charge in [-0.15, -0.1) is 0 Å². The van der Waals surface area contributed by atoms with Gasteiger partial charge >= 0.3 is 5.97 Å². The van der Waals surface area contributed by atoms with Gasteiger partial charge in [-0.3, -0.25) is 9.59 Å². The fourth-order valence-corrected chi connectivity index (χ4v) is 4.50. The standard InChI is InChI=1S/C22H22ClNO3/c23-17-8-4-5-15(13-17)18-14-19(18)20(25)24-11-9-22(10-12-24,21(26)27)16-6-2-1-3-7-16/h1-8,13,18-19H,9-12,14H2,(H,26,27)/t18-,19-/m0/s1. The molecule has 5 heteroatoms. The van der Waals surface area contributed by atoms with Crippen LogP contribution in [0.4, 0.5) is 0 Å². The van der Waals surface area contributed by atoms with Crippen LogP contribution in [0.25, 0.3) is 0 Å². The van der Waals surface area contributed by atoms with Crippen molar-refractivity contribution in [3.63, 3.8) is 0 Å². The molecule has 0 unspecified atom stereocenters. The number of carbonyl (C=O) groups excluding carboxylic acids is 1. The summed E-state index contributed by atoms with van der Waals surface area (Å²) in [4.78, 5) is 26.8. The van der Waals surface area contributed by atoms with Gasteiger partial charge in [0.2, 0.25) is 5.91 Å². The molecule has 0 bridgehead atoms. The normalized spacial score (nSPS) is 23.7. The summed E-state index contributed by atoms with van der Waals surface area (Å²) in [5.41, 5.74) is 1.04. The molecule has 1 aliphatic carbocycles. The highest BCUT2D eigenvalue weighted by Crippen LogP contribution is 2.49. The lowest BCUT2D eigenvalue weighted by Gasteiger charge is -2.39. The number of nitrogens with zero attached hydrogens (tertiary/aromatic N) is 1. The first-order valence-electron chi connectivity index (χ1n) is 9.34. The van der Waals surface area contributed by atoms with Crippen LogP contribution >= 0.6 is 11.6 Å². The zero-order valence-corrected chi connectivity index (χ0v) is 15.7. The van der Waals surface area contributed by atoms with Gasteiger partial charge < -0.3 is 10.0 Å². The van der Waals surface area contributed by atoms with Crippen LogP contribution in [0.5, 0.6) is 0 Å². The van der Waals surface area contributed by atoms with Crippen LogP contribution in [0.2, 0.25) is 5.02 Å². The molecule has 0 radical (unpaired) electrons. The minimum Gasteiger partial charge on any atom is -0.481 e. The molecule has 2 aliphatic rings. The van der Waals surface area contributed by atoms with E-state index in [4.69, 9.17) is 11.6 Å². The SMILES string of the molecule is O=C([C@H]1C[C@H]1c1cccc(Cl)c1)N1CCC(C(=O)O)(c2ccccc2)CC1. The van der Waals surface area contributed by atoms with E-state index in [2.05, 4.69) is 0 Å². The van der Waals surface area contributed by atoms with E-state index in [1.165, 1.54) is 0 Å². The maximum Gasteiger partial charge on any atom is 0.314 e. The molecule has 1 heterocycles. The second-order valence-electron chi connectivity index (χ2n) is 7.58. The number of likely N-dealkylation sites (tertiary alicyclic amines) is 1. The fourth-order valence-electron chi connectivity index (χ4n) is 4.30. The number of halogens is 1. The minimum absolute atomic E-state index is 0.00230. The van der Waals surface area contributed by atoms with Crippen molar-refractivity contribution >= 4 is 23.5 Å². The molecule has 1 saturated carbocycles. The van der Waals surface area contributed by atoms with E-state index >= 15 is 0 Å². The van der Waals surface area contributed by atoms with Gasteiger partial charge in [-0.1, -0.05) is 54.1 Å². The van der Waals surface area contributed by atoms with E-state index in [-0.39, 0.29) is 17.7 Å². The van der Waals surface area contributed by atoms with Gasteiger partial charge in [0, 0.05) is 24.0 Å². The molecule has 2 aromatic rings. The zero-order valence-electron chi connectivity index (χ0n) is 15.0. The summed E-state index contributed by atoms with van der Waals surface area (Å²) < 4.78 is 0. The van der Waals surface area contributed by atoms with Gasteiger partial charge in [0.25, 0.3) is 0 Å². The quantitative estimate of drug-likeness (QED) is 0.865. The lowest BCUT2D eigenvalue weighted by Crippen LogP contribution is -2.49. The Bertz CT molecular complexity index is 859. The van der Waals surface area contributed by atoms with Crippen molar-refractivity contribution in [2.75, 3.05) is 13.1 Å². The summed E-state index contributed by atoms with van der Waals surface area (Å²) in [6.07, 6.45) is 1.75. The van der Waals surface area contributed by atoms with Crippen molar-refractivity contribution in [1.82, 2.24) is 4.90 Å². The van der Waals surface area contributed by atoms with E-state index in [0.717, 1.165) is 17.5 Å². The first-order chi connectivity index (χ1) is 13.0. The van der Waals surface area contributed by atoms with Crippen LogP contribution in [-0.2, 0) is 15.0 Å². The van der Waals surface area contributed by atoms with E-state index in [9.17, 15) is 14.7 Å². The molecule has 4 nitrogen and oxygen atoms in total. The van der Waals surface area contributed by atoms with E-state index in [0.29, 0.717) is 31.0 Å². The Labute approximate surface area is 163 Å². The number of rotatable bonds is 4. The molecular weight excluding hydrogens is 362 g/mol. The van der Waals surface area contributed by atoms with Gasteiger partial charge in [-0.2, -0.15) is 0 Å². The second kappa shape index (κ2) is 7.01. The fraction of sp³-hybridized carbons (Fsp3) is 0.364. The summed E-state index contributed by atoms with van der Waals surface area (Å²) >= 11 is 6.06. The molecular formula is C22H22ClNO3. The summed E-state index contributed by atoms with van der Waals surface area (Å²) in [7, 11) is 0. The highest BCUT2D eigenvalue weighted by Gasteiger charge is 2.49. The van der Waals surface area contributed by atoms with Crippen LogP contribution in [0.3, 0.4) is 0 Å². The smallest absolute Gasteiger partial charge is 0.314 e. The first-order valence-corrected chi connectivity index (χ1v) is 9.72. The Kier molecular flexibility index (Phi) is 4.68. The van der Waals surface area contributed by atoms with Crippen LogP contribution in [0.15, 0.2) is 54.6 Å². The predicted molar refractivity (Wildman–Crippen MR) is 104 cm³/mol. The number of hydrogen-bond acceptors (Lipinski definition) is 2. The number of carbonyl (C=O) groups is 2. The number of carboxylic acid groups (broad SMARTS) is 1. The molecule has 140 valence electrons. The van der Waals surface area contributed by atoms with Crippen molar-refractivity contribution in [2.24, 2.45) is 5.92 Å². The van der Waals surface area contributed by atoms with Crippen LogP contribution < -0.4 is 0 Å². The average Bonchev–Trinajstić information content (AvgIpc) is 3.49. The Morgan fingerprint density at radius 2 is 1.74 bits per heavy atom. The number of benzene rings is 2. The number of hydrogen-bond donors (Lipinski definition) is 1. The summed E-state index contributed by atoms with van der Waals surface area (Å²) in [6, 6.07) is 17.1. The second-order valence-corrected chi connectivity index (χ2v) is 8.02. The van der Waals surface area contributed by atoms with Gasteiger partial charge in [0.15, 0.2) is 0 Å². The molecule has 2 atom stereocenters. The number of aliphatic carboxylic acids is 1. The Balaban J connectivity index is 1.43. The lowest BCUT2D eigenvalue weighted by molar-refractivity contribution is -0.148. The molecule has 2 aromatic carbocycles. The van der Waals surface area contributed by atoms with Gasteiger partial charge in [0.05, 0.1) is 5.41 Å². The van der Waals surface area contributed by atoms with Gasteiger partial charge in [-0.25, -0.2) is 0 Å². The van der Waals surface area contributed by atoms with Crippen molar-refractivity contribution < 1.29 is 14.7 Å². The topological polar surface area (TPSA) is 57.6 Å². The van der Waals surface area contributed by atoms with Crippen LogP contribution in [0, 0.1) is 5.92 Å². The third kappa shape index (κ3) is 3.34. The maximum absolute atomic E-state index is 12.9. The molecule has 27 heavy (non-hydrogen) atoms. The molecule has 0 spiro atoms. The lowest BCUT2D eigenvalue weighted by atomic mass is 9.73. The molecule has 0 aromatic heterocycles. The number of piperidine rings is 1. The van der Waals surface area contributed by atoms with E-state index in [1.807, 2.05) is 59.5 Å².